The molecule has 0 atom stereocenters. The number of hydrogen-bond acceptors (Lipinski definition) is 2. The molecule has 160 valence electrons. The maximum absolute atomic E-state index is 10.3. The van der Waals surface area contributed by atoms with Gasteiger partial charge in [0.2, 0.25) is 0 Å². The van der Waals surface area contributed by atoms with Gasteiger partial charge in [-0.05, 0) is 19.3 Å². The SMILES string of the molecule is O=C([O-])CCCCCCCCCCCCCCCCCCC[n+]1ccccc1. The van der Waals surface area contributed by atoms with Gasteiger partial charge in [-0.25, -0.2) is 4.57 Å². The summed E-state index contributed by atoms with van der Waals surface area (Å²) in [7, 11) is 0. The van der Waals surface area contributed by atoms with Gasteiger partial charge in [-0.1, -0.05) is 96.0 Å². The average molecular weight is 390 g/mol. The molecule has 28 heavy (non-hydrogen) atoms. The van der Waals surface area contributed by atoms with Crippen LogP contribution < -0.4 is 9.67 Å². The molecule has 1 aromatic rings. The van der Waals surface area contributed by atoms with Crippen molar-refractivity contribution in [3.05, 3.63) is 30.6 Å². The highest BCUT2D eigenvalue weighted by molar-refractivity contribution is 5.63. The van der Waals surface area contributed by atoms with Crippen LogP contribution in [-0.2, 0) is 11.3 Å². The Bertz CT molecular complexity index is 461. The first-order chi connectivity index (χ1) is 13.8. The Hall–Kier alpha value is -1.38. The first-order valence-electron chi connectivity index (χ1n) is 11.9. The highest BCUT2D eigenvalue weighted by Gasteiger charge is 1.98. The summed E-state index contributed by atoms with van der Waals surface area (Å²) in [6.45, 7) is 1.16. The van der Waals surface area contributed by atoms with Crippen molar-refractivity contribution < 1.29 is 14.5 Å². The number of nitrogens with zero attached hydrogens (tertiary/aromatic N) is 1. The maximum Gasteiger partial charge on any atom is 0.168 e. The van der Waals surface area contributed by atoms with Crippen LogP contribution in [0.3, 0.4) is 0 Å². The molecule has 0 unspecified atom stereocenters. The predicted octanol–water partition coefficient (Wildman–Crippen LogP) is 5.75. The van der Waals surface area contributed by atoms with E-state index in [1.165, 1.54) is 96.3 Å². The molecule has 3 nitrogen and oxygen atoms in total. The van der Waals surface area contributed by atoms with Gasteiger partial charge in [-0.3, -0.25) is 0 Å². The van der Waals surface area contributed by atoms with Gasteiger partial charge >= 0.3 is 0 Å². The number of aliphatic carboxylic acids is 1. The molecule has 0 bridgehead atoms. The van der Waals surface area contributed by atoms with E-state index in [0.717, 1.165) is 19.4 Å². The zero-order valence-corrected chi connectivity index (χ0v) is 18.1. The minimum Gasteiger partial charge on any atom is -0.550 e. The first kappa shape index (κ1) is 24.7. The molecule has 0 fully saturated rings. The normalized spacial score (nSPS) is 11.0. The van der Waals surface area contributed by atoms with Gasteiger partial charge in [0, 0.05) is 24.5 Å². The quantitative estimate of drug-likeness (QED) is 0.211. The molecule has 1 heterocycles. The molecular formula is C25H43NO2. The fourth-order valence-corrected chi connectivity index (χ4v) is 3.80. The van der Waals surface area contributed by atoms with Crippen molar-refractivity contribution >= 4 is 5.97 Å². The van der Waals surface area contributed by atoms with E-state index >= 15 is 0 Å². The van der Waals surface area contributed by atoms with Crippen molar-refractivity contribution in [3.8, 4) is 0 Å². The Morgan fingerprint density at radius 2 is 0.893 bits per heavy atom. The van der Waals surface area contributed by atoms with Crippen molar-refractivity contribution in [2.24, 2.45) is 0 Å². The van der Waals surface area contributed by atoms with Crippen LogP contribution in [0.4, 0.5) is 0 Å². The number of carboxylic acids is 1. The zero-order valence-electron chi connectivity index (χ0n) is 18.1. The number of aromatic nitrogens is 1. The molecular weight excluding hydrogens is 346 g/mol. The highest BCUT2D eigenvalue weighted by atomic mass is 16.4. The lowest BCUT2D eigenvalue weighted by molar-refractivity contribution is -0.697. The van der Waals surface area contributed by atoms with Crippen LogP contribution in [0, 0.1) is 0 Å². The Morgan fingerprint density at radius 1 is 0.536 bits per heavy atom. The lowest BCUT2D eigenvalue weighted by atomic mass is 10.0. The molecule has 0 N–H and O–H groups in total. The molecule has 1 rings (SSSR count). The molecule has 0 saturated carbocycles. The molecule has 0 aliphatic heterocycles. The second-order valence-electron chi connectivity index (χ2n) is 8.25. The number of carbonyl (C=O) groups is 1. The zero-order chi connectivity index (χ0) is 20.1. The average Bonchev–Trinajstić information content (AvgIpc) is 2.70. The van der Waals surface area contributed by atoms with Crippen LogP contribution >= 0.6 is 0 Å². The molecule has 0 radical (unpaired) electrons. The maximum atomic E-state index is 10.3. The second kappa shape index (κ2) is 19.0. The van der Waals surface area contributed by atoms with E-state index in [0.29, 0.717) is 0 Å². The van der Waals surface area contributed by atoms with Crippen molar-refractivity contribution in [3.63, 3.8) is 0 Å². The summed E-state index contributed by atoms with van der Waals surface area (Å²) in [5, 5.41) is 10.3. The van der Waals surface area contributed by atoms with E-state index in [4.69, 9.17) is 0 Å². The Labute approximate surface area is 173 Å². The Balaban J connectivity index is 1.68. The summed E-state index contributed by atoms with van der Waals surface area (Å²) >= 11 is 0. The molecule has 0 saturated heterocycles. The van der Waals surface area contributed by atoms with E-state index in [1.807, 2.05) is 0 Å². The summed E-state index contributed by atoms with van der Waals surface area (Å²) < 4.78 is 2.28. The number of aryl methyl sites for hydroxylation is 1. The van der Waals surface area contributed by atoms with E-state index in [1.54, 1.807) is 0 Å². The topological polar surface area (TPSA) is 44.0 Å². The summed E-state index contributed by atoms with van der Waals surface area (Å²) in [4.78, 5) is 10.3. The van der Waals surface area contributed by atoms with Gasteiger partial charge in [-0.2, -0.15) is 0 Å². The monoisotopic (exact) mass is 389 g/mol. The number of rotatable bonds is 20. The molecule has 0 spiro atoms. The third-order valence-electron chi connectivity index (χ3n) is 5.57. The standard InChI is InChI=1S/C25H43NO2/c27-25(28)21-17-14-12-10-8-6-4-2-1-3-5-7-9-11-13-15-18-22-26-23-19-16-20-24-26/h16,19-20,23-24H,1-15,17-18,21-22H2. The van der Waals surface area contributed by atoms with Crippen molar-refractivity contribution in [1.82, 2.24) is 0 Å². The Morgan fingerprint density at radius 3 is 1.29 bits per heavy atom. The van der Waals surface area contributed by atoms with Gasteiger partial charge < -0.3 is 9.90 Å². The summed E-state index contributed by atoms with van der Waals surface area (Å²) in [6, 6.07) is 6.28. The Kier molecular flexibility index (Phi) is 16.7. The molecule has 0 amide bonds. The van der Waals surface area contributed by atoms with Gasteiger partial charge in [0.25, 0.3) is 0 Å². The third-order valence-corrected chi connectivity index (χ3v) is 5.57. The van der Waals surface area contributed by atoms with Gasteiger partial charge in [0.05, 0.1) is 0 Å². The van der Waals surface area contributed by atoms with Gasteiger partial charge in [0.15, 0.2) is 12.4 Å². The van der Waals surface area contributed by atoms with Crippen LogP contribution in [0.5, 0.6) is 0 Å². The number of unbranched alkanes of at least 4 members (excludes halogenated alkanes) is 16. The second-order valence-corrected chi connectivity index (χ2v) is 8.25. The molecule has 3 heteroatoms. The fourth-order valence-electron chi connectivity index (χ4n) is 3.80. The number of pyridine rings is 1. The minimum atomic E-state index is -0.905. The molecule has 0 aliphatic carbocycles. The number of hydrogen-bond donors (Lipinski definition) is 0. The molecule has 1 aromatic heterocycles. The first-order valence-corrected chi connectivity index (χ1v) is 11.9. The van der Waals surface area contributed by atoms with Crippen molar-refractivity contribution in [1.29, 1.82) is 0 Å². The minimum absolute atomic E-state index is 0.230. The van der Waals surface area contributed by atoms with E-state index in [9.17, 15) is 9.90 Å². The molecule has 0 aromatic carbocycles. The summed E-state index contributed by atoms with van der Waals surface area (Å²) in [5.74, 6) is -0.905. The third kappa shape index (κ3) is 16.8. The smallest absolute Gasteiger partial charge is 0.168 e. The van der Waals surface area contributed by atoms with Crippen molar-refractivity contribution in [2.75, 3.05) is 0 Å². The van der Waals surface area contributed by atoms with Crippen LogP contribution in [-0.4, -0.2) is 5.97 Å². The lowest BCUT2D eigenvalue weighted by Gasteiger charge is -2.04. The number of carbonyl (C=O) groups excluding carboxylic acids is 1. The van der Waals surface area contributed by atoms with Crippen LogP contribution in [0.1, 0.15) is 116 Å². The summed E-state index contributed by atoms with van der Waals surface area (Å²) in [6.07, 6.45) is 26.7. The number of carboxylic acid groups (broad SMARTS) is 1. The fraction of sp³-hybridized carbons (Fsp3) is 0.760. The van der Waals surface area contributed by atoms with Gasteiger partial charge in [0.1, 0.15) is 6.54 Å². The highest BCUT2D eigenvalue weighted by Crippen LogP contribution is 2.14. The van der Waals surface area contributed by atoms with Crippen molar-refractivity contribution in [2.45, 2.75) is 122 Å². The van der Waals surface area contributed by atoms with E-state index in [2.05, 4.69) is 35.2 Å². The predicted molar refractivity (Wildman–Crippen MR) is 115 cm³/mol. The lowest BCUT2D eigenvalue weighted by Crippen LogP contribution is -2.32. The summed E-state index contributed by atoms with van der Waals surface area (Å²) in [5.41, 5.74) is 0. The largest absolute Gasteiger partial charge is 0.550 e. The van der Waals surface area contributed by atoms with Crippen LogP contribution in [0.2, 0.25) is 0 Å². The molecule has 0 aliphatic rings. The van der Waals surface area contributed by atoms with E-state index < -0.39 is 5.97 Å². The van der Waals surface area contributed by atoms with Gasteiger partial charge in [-0.15, -0.1) is 0 Å². The van der Waals surface area contributed by atoms with E-state index in [-0.39, 0.29) is 6.42 Å². The van der Waals surface area contributed by atoms with Crippen LogP contribution in [0.15, 0.2) is 30.6 Å². The van der Waals surface area contributed by atoms with Crippen LogP contribution in [0.25, 0.3) is 0 Å².